The van der Waals surface area contributed by atoms with E-state index in [4.69, 9.17) is 14.2 Å². The molecule has 0 fully saturated rings. The molecule has 0 aromatic heterocycles. The van der Waals surface area contributed by atoms with Crippen LogP contribution < -0.4 is 0 Å². The highest BCUT2D eigenvalue weighted by atomic mass is 16.6. The van der Waals surface area contributed by atoms with Crippen molar-refractivity contribution in [2.24, 2.45) is 0 Å². The van der Waals surface area contributed by atoms with Crippen LogP contribution in [-0.4, -0.2) is 37.2 Å². The second-order valence-electron chi connectivity index (χ2n) is 23.8. The molecule has 6 heteroatoms. The van der Waals surface area contributed by atoms with Crippen molar-refractivity contribution in [1.82, 2.24) is 0 Å². The number of esters is 3. The Morgan fingerprint density at radius 1 is 0.256 bits per heavy atom. The maximum atomic E-state index is 12.9. The van der Waals surface area contributed by atoms with Crippen molar-refractivity contribution >= 4 is 17.9 Å². The fourth-order valence-corrected chi connectivity index (χ4v) is 10.4. The first-order valence-corrected chi connectivity index (χ1v) is 35.6. The molecule has 0 saturated heterocycles. The van der Waals surface area contributed by atoms with Crippen molar-refractivity contribution in [2.75, 3.05) is 13.2 Å². The molecule has 0 aromatic rings. The highest BCUT2D eigenvalue weighted by molar-refractivity contribution is 5.71. The fourth-order valence-electron chi connectivity index (χ4n) is 10.4. The molecule has 0 aliphatic rings. The van der Waals surface area contributed by atoms with E-state index in [-0.39, 0.29) is 31.1 Å². The summed E-state index contributed by atoms with van der Waals surface area (Å²) in [6.45, 7) is 6.58. The van der Waals surface area contributed by atoms with E-state index < -0.39 is 6.10 Å². The molecule has 0 rings (SSSR count). The lowest BCUT2D eigenvalue weighted by molar-refractivity contribution is -0.167. The second-order valence-corrected chi connectivity index (χ2v) is 23.8. The number of carbonyl (C=O) groups is 3. The monoisotopic (exact) mass is 1140 g/mol. The summed E-state index contributed by atoms with van der Waals surface area (Å²) in [6.07, 6.45) is 93.2. The van der Waals surface area contributed by atoms with Gasteiger partial charge in [0.15, 0.2) is 6.10 Å². The lowest BCUT2D eigenvalue weighted by Gasteiger charge is -2.18. The molecule has 0 spiro atoms. The molecule has 0 saturated carbocycles. The summed E-state index contributed by atoms with van der Waals surface area (Å²) in [7, 11) is 0. The highest BCUT2D eigenvalue weighted by Crippen LogP contribution is 2.18. The molecular formula is C76H134O6. The zero-order chi connectivity index (χ0) is 59.2. The van der Waals surface area contributed by atoms with E-state index in [1.54, 1.807) is 0 Å². The number of rotatable bonds is 65. The molecule has 0 aromatic carbocycles. The van der Waals surface area contributed by atoms with Gasteiger partial charge in [-0.05, 0) is 77.0 Å². The van der Waals surface area contributed by atoms with Gasteiger partial charge >= 0.3 is 17.9 Å². The van der Waals surface area contributed by atoms with E-state index in [0.717, 1.165) is 103 Å². The number of ether oxygens (including phenoxy) is 3. The molecule has 0 radical (unpaired) electrons. The van der Waals surface area contributed by atoms with Crippen LogP contribution >= 0.6 is 0 Å². The molecule has 0 aliphatic carbocycles. The van der Waals surface area contributed by atoms with Crippen molar-refractivity contribution in [3.8, 4) is 0 Å². The minimum atomic E-state index is -0.774. The SMILES string of the molecule is CC/C=C\C/C=C\C/C=C\C/C=C\C/C=C\C/C=C\C/C=C\CCCCCCCCCCCCCC(=O)OCC(COC(=O)CCCCCCCCCCCCCCCC)OC(=O)CCCCCCCCCCCCCCCCCCC. The topological polar surface area (TPSA) is 78.9 Å². The molecule has 1 unspecified atom stereocenters. The van der Waals surface area contributed by atoms with Crippen molar-refractivity contribution in [1.29, 1.82) is 0 Å². The Balaban J connectivity index is 4.22. The van der Waals surface area contributed by atoms with Crippen LogP contribution in [0.3, 0.4) is 0 Å². The van der Waals surface area contributed by atoms with Gasteiger partial charge < -0.3 is 14.2 Å². The van der Waals surface area contributed by atoms with Crippen LogP contribution in [-0.2, 0) is 28.6 Å². The van der Waals surface area contributed by atoms with Crippen LogP contribution in [0.4, 0.5) is 0 Å². The molecule has 6 nitrogen and oxygen atoms in total. The maximum absolute atomic E-state index is 12.9. The van der Waals surface area contributed by atoms with E-state index in [9.17, 15) is 14.4 Å². The van der Waals surface area contributed by atoms with Gasteiger partial charge in [0.1, 0.15) is 13.2 Å². The van der Waals surface area contributed by atoms with Crippen molar-refractivity contribution in [3.63, 3.8) is 0 Å². The van der Waals surface area contributed by atoms with Gasteiger partial charge in [-0.25, -0.2) is 0 Å². The van der Waals surface area contributed by atoms with Gasteiger partial charge in [-0.3, -0.25) is 14.4 Å². The van der Waals surface area contributed by atoms with Gasteiger partial charge in [0.05, 0.1) is 0 Å². The normalized spacial score (nSPS) is 12.6. The molecule has 474 valence electrons. The number of carbonyl (C=O) groups excluding carboxylic acids is 3. The molecule has 0 aliphatic heterocycles. The van der Waals surface area contributed by atoms with Crippen LogP contribution in [0.15, 0.2) is 85.1 Å². The number of unbranched alkanes of at least 4 members (excludes halogenated alkanes) is 40. The van der Waals surface area contributed by atoms with Crippen LogP contribution in [0.25, 0.3) is 0 Å². The van der Waals surface area contributed by atoms with Crippen LogP contribution in [0, 0.1) is 0 Å². The Kier molecular flexibility index (Phi) is 67.2. The molecule has 1 atom stereocenters. The average Bonchev–Trinajstić information content (AvgIpc) is 3.47. The van der Waals surface area contributed by atoms with Crippen molar-refractivity contribution < 1.29 is 28.6 Å². The lowest BCUT2D eigenvalue weighted by Crippen LogP contribution is -2.30. The summed E-state index contributed by atoms with van der Waals surface area (Å²) < 4.78 is 17.0. The van der Waals surface area contributed by atoms with Crippen LogP contribution in [0.2, 0.25) is 0 Å². The molecule has 0 N–H and O–H groups in total. The minimum absolute atomic E-state index is 0.0703. The Labute approximate surface area is 509 Å². The molecule has 0 bridgehead atoms. The van der Waals surface area contributed by atoms with Crippen molar-refractivity contribution in [3.05, 3.63) is 85.1 Å². The van der Waals surface area contributed by atoms with E-state index in [1.165, 1.54) is 218 Å². The zero-order valence-corrected chi connectivity index (χ0v) is 54.5. The zero-order valence-electron chi connectivity index (χ0n) is 54.5. The molecular weight excluding hydrogens is 1010 g/mol. The fraction of sp³-hybridized carbons (Fsp3) is 0.776. The first kappa shape index (κ1) is 78.6. The highest BCUT2D eigenvalue weighted by Gasteiger charge is 2.19. The summed E-state index contributed by atoms with van der Waals surface area (Å²) in [5.74, 6) is -0.850. The van der Waals surface area contributed by atoms with E-state index >= 15 is 0 Å². The minimum Gasteiger partial charge on any atom is -0.462 e. The second kappa shape index (κ2) is 70.1. The van der Waals surface area contributed by atoms with Gasteiger partial charge in [0.25, 0.3) is 0 Å². The van der Waals surface area contributed by atoms with Crippen LogP contribution in [0.5, 0.6) is 0 Å². The first-order valence-electron chi connectivity index (χ1n) is 35.6. The summed E-state index contributed by atoms with van der Waals surface area (Å²) in [5, 5.41) is 0. The summed E-state index contributed by atoms with van der Waals surface area (Å²) in [5.41, 5.74) is 0. The van der Waals surface area contributed by atoms with Gasteiger partial charge in [-0.15, -0.1) is 0 Å². The third-order valence-corrected chi connectivity index (χ3v) is 15.7. The van der Waals surface area contributed by atoms with Gasteiger partial charge in [-0.1, -0.05) is 350 Å². The third kappa shape index (κ3) is 67.4. The first-order chi connectivity index (χ1) is 40.5. The lowest BCUT2D eigenvalue weighted by atomic mass is 10.0. The largest absolute Gasteiger partial charge is 0.462 e. The van der Waals surface area contributed by atoms with Gasteiger partial charge in [0.2, 0.25) is 0 Å². The maximum Gasteiger partial charge on any atom is 0.306 e. The Morgan fingerprint density at radius 2 is 0.476 bits per heavy atom. The van der Waals surface area contributed by atoms with Crippen molar-refractivity contribution in [2.45, 2.75) is 367 Å². The number of allylic oxidation sites excluding steroid dienone is 14. The third-order valence-electron chi connectivity index (χ3n) is 15.7. The Morgan fingerprint density at radius 3 is 0.744 bits per heavy atom. The average molecular weight is 1140 g/mol. The number of hydrogen-bond donors (Lipinski definition) is 0. The Hall–Kier alpha value is -3.41. The van der Waals surface area contributed by atoms with Gasteiger partial charge in [0, 0.05) is 19.3 Å². The molecule has 82 heavy (non-hydrogen) atoms. The predicted molar refractivity (Wildman–Crippen MR) is 358 cm³/mol. The smallest absolute Gasteiger partial charge is 0.306 e. The summed E-state index contributed by atoms with van der Waals surface area (Å²) in [6, 6.07) is 0. The molecule has 0 amide bonds. The predicted octanol–water partition coefficient (Wildman–Crippen LogP) is 24.6. The summed E-state index contributed by atoms with van der Waals surface area (Å²) in [4.78, 5) is 38.4. The van der Waals surface area contributed by atoms with Crippen LogP contribution in [0.1, 0.15) is 361 Å². The Bertz CT molecular complexity index is 1550. The standard InChI is InChI=1S/C76H134O6/c1-4-7-10-13-16-19-22-25-28-30-31-32-33-34-35-36-37-38-39-40-41-42-43-44-45-47-48-51-54-57-60-63-66-69-75(78)81-72-73(71-80-74(77)68-65-62-59-56-53-50-27-24-21-18-15-12-9-6-3)82-76(79)70-67-64-61-58-55-52-49-46-29-26-23-20-17-14-11-8-5-2/h7,10,16,19,25,28,31-32,34-35,37-38,40-41,73H,4-6,8-9,11-15,17-18,20-24,26-27,29-30,33,36,39,42-72H2,1-3H3/b10-7-,19-16-,28-25-,32-31-,35-34-,38-37-,41-40-. The van der Waals surface area contributed by atoms with E-state index in [2.05, 4.69) is 106 Å². The van der Waals surface area contributed by atoms with E-state index in [0.29, 0.717) is 19.3 Å². The van der Waals surface area contributed by atoms with E-state index in [1.807, 2.05) is 0 Å². The quantitative estimate of drug-likeness (QED) is 0.0261. The molecule has 0 heterocycles. The van der Waals surface area contributed by atoms with Gasteiger partial charge in [-0.2, -0.15) is 0 Å². The number of hydrogen-bond acceptors (Lipinski definition) is 6. The summed E-state index contributed by atoms with van der Waals surface area (Å²) >= 11 is 0.